The molecule has 2 N–H and O–H groups in total. The van der Waals surface area contributed by atoms with Crippen LogP contribution in [-0.2, 0) is 0 Å². The summed E-state index contributed by atoms with van der Waals surface area (Å²) < 4.78 is 0. The lowest BCUT2D eigenvalue weighted by Crippen LogP contribution is -2.08. The SMILES string of the molecule is CCCCC(C)/C(C)=N/N. The van der Waals surface area contributed by atoms with Crippen molar-refractivity contribution in [1.29, 1.82) is 0 Å². The van der Waals surface area contributed by atoms with E-state index in [0.717, 1.165) is 5.71 Å². The number of unbranched alkanes of at least 4 members (excludes halogenated alkanes) is 1. The van der Waals surface area contributed by atoms with E-state index >= 15 is 0 Å². The molecule has 0 aliphatic heterocycles. The minimum absolute atomic E-state index is 0.560. The van der Waals surface area contributed by atoms with Crippen LogP contribution >= 0.6 is 0 Å². The fraction of sp³-hybridized carbons (Fsp3) is 0.875. The van der Waals surface area contributed by atoms with E-state index in [1.165, 1.54) is 19.3 Å². The summed E-state index contributed by atoms with van der Waals surface area (Å²) in [5, 5.41) is 3.66. The summed E-state index contributed by atoms with van der Waals surface area (Å²) in [7, 11) is 0. The van der Waals surface area contributed by atoms with Gasteiger partial charge in [-0.1, -0.05) is 26.7 Å². The molecule has 2 nitrogen and oxygen atoms in total. The van der Waals surface area contributed by atoms with Gasteiger partial charge in [-0.05, 0) is 19.3 Å². The average molecular weight is 142 g/mol. The van der Waals surface area contributed by atoms with Gasteiger partial charge >= 0.3 is 0 Å². The molecule has 0 amide bonds. The first-order valence-electron chi connectivity index (χ1n) is 3.96. The zero-order valence-corrected chi connectivity index (χ0v) is 7.22. The summed E-state index contributed by atoms with van der Waals surface area (Å²) in [4.78, 5) is 0. The predicted octanol–water partition coefficient (Wildman–Crippen LogP) is 2.15. The topological polar surface area (TPSA) is 38.4 Å². The van der Waals surface area contributed by atoms with Crippen LogP contribution in [0.15, 0.2) is 5.10 Å². The molecule has 0 saturated heterocycles. The summed E-state index contributed by atoms with van der Waals surface area (Å²) >= 11 is 0. The third-order valence-electron chi connectivity index (χ3n) is 1.91. The molecule has 1 unspecified atom stereocenters. The molecule has 0 rings (SSSR count). The molecule has 0 aromatic carbocycles. The number of hydrogen-bond donors (Lipinski definition) is 1. The zero-order chi connectivity index (χ0) is 7.98. The smallest absolute Gasteiger partial charge is 0.0373 e. The van der Waals surface area contributed by atoms with Gasteiger partial charge in [0.05, 0.1) is 0 Å². The summed E-state index contributed by atoms with van der Waals surface area (Å²) in [6.07, 6.45) is 3.74. The van der Waals surface area contributed by atoms with Gasteiger partial charge in [0, 0.05) is 5.71 Å². The van der Waals surface area contributed by atoms with Gasteiger partial charge in [0.25, 0.3) is 0 Å². The summed E-state index contributed by atoms with van der Waals surface area (Å²) in [5.74, 6) is 5.69. The Morgan fingerprint density at radius 2 is 2.20 bits per heavy atom. The Kier molecular flexibility index (Phi) is 4.99. The molecule has 0 fully saturated rings. The van der Waals surface area contributed by atoms with Gasteiger partial charge < -0.3 is 5.84 Å². The highest BCUT2D eigenvalue weighted by molar-refractivity contribution is 5.83. The standard InChI is InChI=1S/C8H18N2/c1-4-5-6-7(2)8(3)10-9/h7H,4-6,9H2,1-3H3/b10-8+. The fourth-order valence-corrected chi connectivity index (χ4v) is 0.846. The van der Waals surface area contributed by atoms with E-state index in [1.54, 1.807) is 0 Å². The molecule has 0 spiro atoms. The number of nitrogens with zero attached hydrogens (tertiary/aromatic N) is 1. The van der Waals surface area contributed by atoms with Crippen molar-refractivity contribution < 1.29 is 0 Å². The largest absolute Gasteiger partial charge is 0.323 e. The number of rotatable bonds is 4. The van der Waals surface area contributed by atoms with Crippen molar-refractivity contribution in [3.05, 3.63) is 0 Å². The molecule has 0 aromatic rings. The van der Waals surface area contributed by atoms with E-state index in [9.17, 15) is 0 Å². The van der Waals surface area contributed by atoms with Gasteiger partial charge in [-0.25, -0.2) is 0 Å². The number of nitrogens with two attached hydrogens (primary N) is 1. The lowest BCUT2D eigenvalue weighted by atomic mass is 10.0. The molecule has 0 bridgehead atoms. The fourth-order valence-electron chi connectivity index (χ4n) is 0.846. The predicted molar refractivity (Wildman–Crippen MR) is 46.0 cm³/mol. The third-order valence-corrected chi connectivity index (χ3v) is 1.91. The molecule has 60 valence electrons. The van der Waals surface area contributed by atoms with Crippen LogP contribution in [0.4, 0.5) is 0 Å². The highest BCUT2D eigenvalue weighted by Crippen LogP contribution is 2.08. The van der Waals surface area contributed by atoms with Crippen molar-refractivity contribution in [3.63, 3.8) is 0 Å². The third kappa shape index (κ3) is 3.49. The maximum absolute atomic E-state index is 5.13. The van der Waals surface area contributed by atoms with Gasteiger partial charge in [-0.2, -0.15) is 5.10 Å². The lowest BCUT2D eigenvalue weighted by Gasteiger charge is -2.07. The second-order valence-corrected chi connectivity index (χ2v) is 2.81. The zero-order valence-electron chi connectivity index (χ0n) is 7.22. The van der Waals surface area contributed by atoms with Gasteiger partial charge in [0.2, 0.25) is 0 Å². The van der Waals surface area contributed by atoms with E-state index in [2.05, 4.69) is 18.9 Å². The van der Waals surface area contributed by atoms with Gasteiger partial charge in [0.1, 0.15) is 0 Å². The number of hydrazone groups is 1. The summed E-state index contributed by atoms with van der Waals surface area (Å²) in [6.45, 7) is 6.35. The molecule has 0 aliphatic carbocycles. The van der Waals surface area contributed by atoms with E-state index in [4.69, 9.17) is 5.84 Å². The van der Waals surface area contributed by atoms with E-state index in [0.29, 0.717) is 5.92 Å². The van der Waals surface area contributed by atoms with Crippen molar-refractivity contribution in [3.8, 4) is 0 Å². The van der Waals surface area contributed by atoms with E-state index < -0.39 is 0 Å². The van der Waals surface area contributed by atoms with Crippen LogP contribution < -0.4 is 5.84 Å². The van der Waals surface area contributed by atoms with Gasteiger partial charge in [-0.3, -0.25) is 0 Å². The van der Waals surface area contributed by atoms with Crippen LogP contribution in [0.1, 0.15) is 40.0 Å². The van der Waals surface area contributed by atoms with Crippen LogP contribution in [0.25, 0.3) is 0 Å². The molecule has 10 heavy (non-hydrogen) atoms. The van der Waals surface area contributed by atoms with Crippen LogP contribution in [-0.4, -0.2) is 5.71 Å². The molecule has 0 aliphatic rings. The van der Waals surface area contributed by atoms with E-state index in [-0.39, 0.29) is 0 Å². The summed E-state index contributed by atoms with van der Waals surface area (Å²) in [5.41, 5.74) is 1.06. The molecule has 0 heterocycles. The minimum Gasteiger partial charge on any atom is -0.323 e. The normalized spacial score (nSPS) is 15.3. The van der Waals surface area contributed by atoms with Gasteiger partial charge in [-0.15, -0.1) is 0 Å². The van der Waals surface area contributed by atoms with Crippen molar-refractivity contribution in [2.45, 2.75) is 40.0 Å². The Bertz CT molecular complexity index is 108. The van der Waals surface area contributed by atoms with Crippen LogP contribution in [0, 0.1) is 5.92 Å². The molecule has 2 heteroatoms. The second-order valence-electron chi connectivity index (χ2n) is 2.81. The molecule has 1 atom stereocenters. The molecule has 0 saturated carbocycles. The maximum Gasteiger partial charge on any atom is 0.0373 e. The lowest BCUT2D eigenvalue weighted by molar-refractivity contribution is 0.621. The average Bonchev–Trinajstić information content (AvgIpc) is 1.98. The molecule has 0 aromatic heterocycles. The Morgan fingerprint density at radius 3 is 2.60 bits per heavy atom. The first kappa shape index (κ1) is 9.47. The Morgan fingerprint density at radius 1 is 1.60 bits per heavy atom. The van der Waals surface area contributed by atoms with Crippen molar-refractivity contribution in [2.24, 2.45) is 16.9 Å². The van der Waals surface area contributed by atoms with E-state index in [1.807, 2.05) is 6.92 Å². The Balaban J connectivity index is 3.51. The van der Waals surface area contributed by atoms with Crippen LogP contribution in [0.5, 0.6) is 0 Å². The van der Waals surface area contributed by atoms with Crippen LogP contribution in [0.2, 0.25) is 0 Å². The highest BCUT2D eigenvalue weighted by atomic mass is 15.1. The summed E-state index contributed by atoms with van der Waals surface area (Å²) in [6, 6.07) is 0. The monoisotopic (exact) mass is 142 g/mol. The van der Waals surface area contributed by atoms with Crippen molar-refractivity contribution >= 4 is 5.71 Å². The Hall–Kier alpha value is -0.530. The molecular formula is C8H18N2. The van der Waals surface area contributed by atoms with Crippen molar-refractivity contribution in [2.75, 3.05) is 0 Å². The second kappa shape index (κ2) is 5.27. The highest BCUT2D eigenvalue weighted by Gasteiger charge is 2.03. The Labute approximate surface area is 63.5 Å². The first-order valence-corrected chi connectivity index (χ1v) is 3.96. The molecule has 0 radical (unpaired) electrons. The minimum atomic E-state index is 0.560. The number of hydrogen-bond acceptors (Lipinski definition) is 2. The molecular weight excluding hydrogens is 124 g/mol. The van der Waals surface area contributed by atoms with Crippen LogP contribution in [0.3, 0.4) is 0 Å². The van der Waals surface area contributed by atoms with Gasteiger partial charge in [0.15, 0.2) is 0 Å². The van der Waals surface area contributed by atoms with Crippen molar-refractivity contribution in [1.82, 2.24) is 0 Å². The first-order chi connectivity index (χ1) is 4.72. The maximum atomic E-state index is 5.13. The quantitative estimate of drug-likeness (QED) is 0.364.